The molecular formula is C15H18N2O10S. The van der Waals surface area contributed by atoms with Crippen LogP contribution in [0.15, 0.2) is 18.2 Å². The molecule has 0 aromatic heterocycles. The van der Waals surface area contributed by atoms with Crippen molar-refractivity contribution in [2.45, 2.75) is 31.4 Å². The van der Waals surface area contributed by atoms with Gasteiger partial charge in [-0.25, -0.2) is 0 Å². The zero-order valence-corrected chi connectivity index (χ0v) is 15.5. The van der Waals surface area contributed by atoms with Gasteiger partial charge in [-0.2, -0.15) is 12.6 Å². The molecule has 28 heavy (non-hydrogen) atoms. The third-order valence-corrected chi connectivity index (χ3v) is 3.44. The highest BCUT2D eigenvalue weighted by molar-refractivity contribution is 7.79. The van der Waals surface area contributed by atoms with Gasteiger partial charge in [-0.05, 0) is 31.0 Å². The first-order chi connectivity index (χ1) is 13.3. The maximum Gasteiger partial charge on any atom is 0.311 e. The Morgan fingerprint density at radius 2 is 1.46 bits per heavy atom. The predicted octanol–water partition coefficient (Wildman–Crippen LogP) is 1.90. The molecule has 0 unspecified atom stereocenters. The van der Waals surface area contributed by atoms with Crippen LogP contribution in [-0.2, 0) is 25.0 Å². The van der Waals surface area contributed by atoms with Gasteiger partial charge in [0.15, 0.2) is 0 Å². The lowest BCUT2D eigenvalue weighted by molar-refractivity contribution is -0.757. The largest absolute Gasteiger partial charge is 0.427 e. The van der Waals surface area contributed by atoms with E-state index in [0.717, 1.165) is 0 Å². The van der Waals surface area contributed by atoms with E-state index in [4.69, 9.17) is 9.47 Å². The Bertz CT molecular complexity index is 712. The summed E-state index contributed by atoms with van der Waals surface area (Å²) in [4.78, 5) is 51.7. The molecule has 0 heterocycles. The van der Waals surface area contributed by atoms with Gasteiger partial charge in [0.25, 0.3) is 10.2 Å². The standard InChI is InChI=1S/C15H18N2O10S/c18-14(3-1-7-24-16(20)21)26-12-5-6-13(11(9-12)10-28)27-15(19)4-2-8-25-17(22)23/h5-6,9,28H,1-4,7-8,10H2. The van der Waals surface area contributed by atoms with Crippen LogP contribution in [-0.4, -0.2) is 35.3 Å². The van der Waals surface area contributed by atoms with Gasteiger partial charge >= 0.3 is 11.9 Å². The first kappa shape index (κ1) is 23.0. The molecule has 0 amide bonds. The number of carbonyl (C=O) groups is 2. The third kappa shape index (κ3) is 9.56. The minimum Gasteiger partial charge on any atom is -0.427 e. The normalized spacial score (nSPS) is 10.0. The van der Waals surface area contributed by atoms with Crippen molar-refractivity contribution in [2.24, 2.45) is 0 Å². The van der Waals surface area contributed by atoms with E-state index in [0.29, 0.717) is 5.56 Å². The van der Waals surface area contributed by atoms with E-state index in [1.165, 1.54) is 18.2 Å². The molecule has 0 fully saturated rings. The van der Waals surface area contributed by atoms with Crippen LogP contribution in [0.25, 0.3) is 0 Å². The van der Waals surface area contributed by atoms with Crippen LogP contribution < -0.4 is 9.47 Å². The van der Waals surface area contributed by atoms with Gasteiger partial charge in [-0.1, -0.05) is 0 Å². The van der Waals surface area contributed by atoms with Gasteiger partial charge in [-0.3, -0.25) is 9.59 Å². The minimum atomic E-state index is -0.945. The van der Waals surface area contributed by atoms with E-state index in [1.807, 2.05) is 0 Å². The number of nitrogens with zero attached hydrogens (tertiary/aromatic N) is 2. The Kier molecular flexibility index (Phi) is 10.1. The van der Waals surface area contributed by atoms with Crippen molar-refractivity contribution in [3.05, 3.63) is 44.0 Å². The molecule has 13 heteroatoms. The Balaban J connectivity index is 2.51. The predicted molar refractivity (Wildman–Crippen MR) is 94.8 cm³/mol. The Morgan fingerprint density at radius 3 is 1.96 bits per heavy atom. The summed E-state index contributed by atoms with van der Waals surface area (Å²) in [6.45, 7) is -0.436. The number of hydrogen-bond donors (Lipinski definition) is 1. The summed E-state index contributed by atoms with van der Waals surface area (Å²) in [6, 6.07) is 4.31. The lowest BCUT2D eigenvalue weighted by atomic mass is 10.2. The van der Waals surface area contributed by atoms with Crippen molar-refractivity contribution in [2.75, 3.05) is 13.2 Å². The number of benzene rings is 1. The smallest absolute Gasteiger partial charge is 0.311 e. The van der Waals surface area contributed by atoms with E-state index in [1.54, 1.807) is 0 Å². The van der Waals surface area contributed by atoms with Crippen molar-refractivity contribution in [3.8, 4) is 11.5 Å². The van der Waals surface area contributed by atoms with E-state index < -0.39 is 22.1 Å². The summed E-state index contributed by atoms with van der Waals surface area (Å²) in [5.74, 6) is -0.606. The van der Waals surface area contributed by atoms with Crippen LogP contribution in [0.2, 0.25) is 0 Å². The first-order valence-corrected chi connectivity index (χ1v) is 8.64. The lowest BCUT2D eigenvalue weighted by Crippen LogP contribution is -2.12. The summed E-state index contributed by atoms with van der Waals surface area (Å²) >= 11 is 4.13. The van der Waals surface area contributed by atoms with Crippen LogP contribution in [0, 0.1) is 20.2 Å². The molecule has 154 valence electrons. The van der Waals surface area contributed by atoms with Gasteiger partial charge in [-0.15, -0.1) is 20.2 Å². The number of rotatable bonds is 13. The zero-order valence-electron chi connectivity index (χ0n) is 14.6. The summed E-state index contributed by atoms with van der Waals surface area (Å²) in [6.07, 6.45) is 0.0801. The van der Waals surface area contributed by atoms with Crippen LogP contribution >= 0.6 is 12.6 Å². The molecule has 1 rings (SSSR count). The molecule has 0 spiro atoms. The van der Waals surface area contributed by atoms with Crippen LogP contribution in [0.3, 0.4) is 0 Å². The monoisotopic (exact) mass is 418 g/mol. The van der Waals surface area contributed by atoms with E-state index >= 15 is 0 Å². The molecule has 0 saturated heterocycles. The van der Waals surface area contributed by atoms with Gasteiger partial charge < -0.3 is 19.1 Å². The molecule has 0 radical (unpaired) electrons. The van der Waals surface area contributed by atoms with Crippen LogP contribution in [0.4, 0.5) is 0 Å². The molecule has 12 nitrogen and oxygen atoms in total. The van der Waals surface area contributed by atoms with Gasteiger partial charge in [0.2, 0.25) is 0 Å². The fraction of sp³-hybridized carbons (Fsp3) is 0.467. The second kappa shape index (κ2) is 12.3. The number of ether oxygens (including phenoxy) is 2. The molecule has 0 aliphatic rings. The molecule has 1 aromatic carbocycles. The molecule has 0 aliphatic carbocycles. The molecule has 0 N–H and O–H groups in total. The van der Waals surface area contributed by atoms with Crippen molar-refractivity contribution >= 4 is 24.6 Å². The molecule has 0 atom stereocenters. The van der Waals surface area contributed by atoms with Crippen molar-refractivity contribution in [1.82, 2.24) is 0 Å². The Labute approximate surface area is 164 Å². The first-order valence-electron chi connectivity index (χ1n) is 8.01. The lowest BCUT2D eigenvalue weighted by Gasteiger charge is -2.11. The average Bonchev–Trinajstić information content (AvgIpc) is 2.63. The van der Waals surface area contributed by atoms with Crippen molar-refractivity contribution < 1.29 is 38.9 Å². The molecule has 0 aliphatic heterocycles. The number of thiol groups is 1. The van der Waals surface area contributed by atoms with Crippen molar-refractivity contribution in [1.29, 1.82) is 0 Å². The van der Waals surface area contributed by atoms with Crippen LogP contribution in [0.5, 0.6) is 11.5 Å². The Morgan fingerprint density at radius 1 is 0.929 bits per heavy atom. The maximum absolute atomic E-state index is 11.8. The zero-order chi connectivity index (χ0) is 20.9. The highest BCUT2D eigenvalue weighted by Crippen LogP contribution is 2.26. The molecule has 0 bridgehead atoms. The minimum absolute atomic E-state index is 0.0764. The quantitative estimate of drug-likeness (QED) is 0.125. The molecule has 1 aromatic rings. The second-order valence-electron chi connectivity index (χ2n) is 5.20. The summed E-state index contributed by atoms with van der Waals surface area (Å²) in [5.41, 5.74) is 0.486. The number of esters is 2. The topological polar surface area (TPSA) is 157 Å². The van der Waals surface area contributed by atoms with Gasteiger partial charge in [0, 0.05) is 24.2 Å². The van der Waals surface area contributed by atoms with Gasteiger partial charge in [0.1, 0.15) is 11.5 Å². The fourth-order valence-electron chi connectivity index (χ4n) is 1.91. The number of hydrogen-bond acceptors (Lipinski definition) is 11. The summed E-state index contributed by atoms with van der Waals surface area (Å²) < 4.78 is 10.3. The van der Waals surface area contributed by atoms with E-state index in [2.05, 4.69) is 22.3 Å². The second-order valence-corrected chi connectivity index (χ2v) is 5.51. The highest BCUT2D eigenvalue weighted by atomic mass is 32.1. The SMILES string of the molecule is O=C(CCCO[N+](=O)[O-])Oc1ccc(OC(=O)CCCO[N+](=O)[O-])c(CS)c1. The molecular weight excluding hydrogens is 400 g/mol. The molecule has 0 saturated carbocycles. The maximum atomic E-state index is 11.8. The summed E-state index contributed by atoms with van der Waals surface area (Å²) in [5, 5.41) is 18.1. The average molecular weight is 418 g/mol. The van der Waals surface area contributed by atoms with E-state index in [-0.39, 0.29) is 56.1 Å². The van der Waals surface area contributed by atoms with Crippen LogP contribution in [0.1, 0.15) is 31.2 Å². The fourth-order valence-corrected chi connectivity index (χ4v) is 2.16. The number of carbonyl (C=O) groups excluding carboxylic acids is 2. The van der Waals surface area contributed by atoms with E-state index in [9.17, 15) is 29.8 Å². The Hall–Kier alpha value is -3.09. The third-order valence-electron chi connectivity index (χ3n) is 3.10. The van der Waals surface area contributed by atoms with Crippen molar-refractivity contribution in [3.63, 3.8) is 0 Å². The highest BCUT2D eigenvalue weighted by Gasteiger charge is 2.12. The summed E-state index contributed by atoms with van der Waals surface area (Å²) in [7, 11) is 0. The van der Waals surface area contributed by atoms with Gasteiger partial charge in [0.05, 0.1) is 13.2 Å².